The molecule has 0 aromatic rings. The van der Waals surface area contributed by atoms with E-state index in [0.29, 0.717) is 5.92 Å². The molecule has 3 rings (SSSR count). The zero-order valence-corrected chi connectivity index (χ0v) is 15.3. The zero-order valence-electron chi connectivity index (χ0n) is 15.3. The van der Waals surface area contributed by atoms with Crippen molar-refractivity contribution in [2.45, 2.75) is 63.1 Å². The van der Waals surface area contributed by atoms with Crippen molar-refractivity contribution in [2.24, 2.45) is 5.92 Å². The summed E-state index contributed by atoms with van der Waals surface area (Å²) in [7, 11) is 2.20. The predicted octanol–water partition coefficient (Wildman–Crippen LogP) is 1.01. The molecule has 6 heteroatoms. The van der Waals surface area contributed by atoms with Crippen molar-refractivity contribution in [1.82, 2.24) is 20.4 Å². The van der Waals surface area contributed by atoms with Crippen LogP contribution in [0.4, 0.5) is 4.79 Å². The van der Waals surface area contributed by atoms with Crippen molar-refractivity contribution in [2.75, 3.05) is 39.8 Å². The maximum absolute atomic E-state index is 12.3. The normalized spacial score (nSPS) is 27.6. The number of aliphatic hydroxyl groups excluding tert-OH is 1. The molecule has 0 spiro atoms. The summed E-state index contributed by atoms with van der Waals surface area (Å²) in [4.78, 5) is 17.3. The van der Waals surface area contributed by atoms with Gasteiger partial charge in [0.05, 0.1) is 12.1 Å². The molecule has 0 aromatic heterocycles. The van der Waals surface area contributed by atoms with E-state index in [0.717, 1.165) is 44.8 Å². The third kappa shape index (κ3) is 4.41. The van der Waals surface area contributed by atoms with Gasteiger partial charge in [-0.05, 0) is 71.5 Å². The van der Waals surface area contributed by atoms with Crippen molar-refractivity contribution < 1.29 is 9.90 Å². The lowest BCUT2D eigenvalue weighted by Crippen LogP contribution is -2.57. The molecule has 1 unspecified atom stereocenters. The monoisotopic (exact) mass is 338 g/mol. The number of hydrogen-bond donors (Lipinski definition) is 3. The molecule has 2 aliphatic heterocycles. The average molecular weight is 338 g/mol. The number of piperidine rings is 2. The Morgan fingerprint density at radius 2 is 1.71 bits per heavy atom. The van der Waals surface area contributed by atoms with Gasteiger partial charge in [-0.15, -0.1) is 0 Å². The summed E-state index contributed by atoms with van der Waals surface area (Å²) in [6.45, 7) is 6.53. The summed E-state index contributed by atoms with van der Waals surface area (Å²) in [6.07, 6.45) is 6.80. The Labute approximate surface area is 146 Å². The van der Waals surface area contributed by atoms with Gasteiger partial charge in [-0.3, -0.25) is 0 Å². The maximum atomic E-state index is 12.3. The molecule has 2 amide bonds. The quantitative estimate of drug-likeness (QED) is 0.700. The number of carbonyl (C=O) groups excluding carboxylic acids is 1. The minimum atomic E-state index is -0.459. The minimum absolute atomic E-state index is 0.0135. The predicted molar refractivity (Wildman–Crippen MR) is 95.0 cm³/mol. The Morgan fingerprint density at radius 1 is 1.08 bits per heavy atom. The Morgan fingerprint density at radius 3 is 2.25 bits per heavy atom. The highest BCUT2D eigenvalue weighted by atomic mass is 16.3. The van der Waals surface area contributed by atoms with Crippen molar-refractivity contribution in [3.05, 3.63) is 0 Å². The second-order valence-corrected chi connectivity index (χ2v) is 8.29. The molecule has 2 heterocycles. The largest absolute Gasteiger partial charge is 0.394 e. The van der Waals surface area contributed by atoms with E-state index in [-0.39, 0.29) is 18.7 Å². The number of amides is 2. The molecular formula is C18H34N4O2. The highest BCUT2D eigenvalue weighted by molar-refractivity contribution is 5.75. The lowest BCUT2D eigenvalue weighted by Gasteiger charge is -2.41. The number of rotatable bonds is 5. The third-order valence-electron chi connectivity index (χ3n) is 6.28. The van der Waals surface area contributed by atoms with Crippen molar-refractivity contribution in [3.63, 3.8) is 0 Å². The van der Waals surface area contributed by atoms with Crippen LogP contribution in [-0.4, -0.2) is 78.4 Å². The van der Waals surface area contributed by atoms with E-state index in [2.05, 4.69) is 27.5 Å². The Balaban J connectivity index is 1.39. The van der Waals surface area contributed by atoms with Gasteiger partial charge >= 0.3 is 6.03 Å². The molecule has 0 aromatic carbocycles. The van der Waals surface area contributed by atoms with Crippen molar-refractivity contribution >= 4 is 6.03 Å². The molecule has 138 valence electrons. The zero-order chi connectivity index (χ0) is 17.2. The molecule has 0 radical (unpaired) electrons. The average Bonchev–Trinajstić information content (AvgIpc) is 3.41. The molecular weight excluding hydrogens is 304 g/mol. The maximum Gasteiger partial charge on any atom is 0.315 e. The number of hydrogen-bond acceptors (Lipinski definition) is 4. The number of aliphatic hydroxyl groups is 1. The van der Waals surface area contributed by atoms with Gasteiger partial charge in [0, 0.05) is 25.2 Å². The van der Waals surface area contributed by atoms with Crippen LogP contribution in [0, 0.1) is 5.92 Å². The molecule has 6 nitrogen and oxygen atoms in total. The van der Waals surface area contributed by atoms with E-state index in [1.165, 1.54) is 25.9 Å². The van der Waals surface area contributed by atoms with Crippen LogP contribution in [0.25, 0.3) is 0 Å². The van der Waals surface area contributed by atoms with Crippen LogP contribution in [0.3, 0.4) is 0 Å². The van der Waals surface area contributed by atoms with E-state index in [9.17, 15) is 9.90 Å². The second-order valence-electron chi connectivity index (χ2n) is 8.29. The lowest BCUT2D eigenvalue weighted by molar-refractivity contribution is 0.0925. The first-order valence-electron chi connectivity index (χ1n) is 9.62. The molecule has 2 saturated heterocycles. The van der Waals surface area contributed by atoms with Gasteiger partial charge in [-0.25, -0.2) is 4.79 Å². The highest BCUT2D eigenvalue weighted by Crippen LogP contribution is 2.39. The van der Waals surface area contributed by atoms with Gasteiger partial charge < -0.3 is 25.5 Å². The van der Waals surface area contributed by atoms with E-state index < -0.39 is 5.54 Å². The van der Waals surface area contributed by atoms with Gasteiger partial charge in [0.1, 0.15) is 0 Å². The summed E-state index contributed by atoms with van der Waals surface area (Å²) in [6, 6.07) is 0.870. The van der Waals surface area contributed by atoms with Crippen LogP contribution in [-0.2, 0) is 0 Å². The molecule has 1 atom stereocenters. The summed E-state index contributed by atoms with van der Waals surface area (Å²) in [5, 5.41) is 15.7. The van der Waals surface area contributed by atoms with E-state index >= 15 is 0 Å². The standard InChI is InChI=1S/C18H34N4O2/c1-18(13-23,14-3-4-14)20-17(24)19-15-5-11-22(12-6-15)16-7-9-21(2)10-8-16/h14-16,23H,3-13H2,1-2H3,(H2,19,20,24). The number of nitrogens with one attached hydrogen (secondary N) is 2. The van der Waals surface area contributed by atoms with Gasteiger partial charge in [0.15, 0.2) is 0 Å². The first kappa shape index (κ1) is 18.0. The van der Waals surface area contributed by atoms with Gasteiger partial charge in [0.25, 0.3) is 0 Å². The number of urea groups is 1. The SMILES string of the molecule is CN1CCC(N2CCC(NC(=O)NC(C)(CO)C3CC3)CC2)CC1. The summed E-state index contributed by atoms with van der Waals surface area (Å²) in [5.74, 6) is 0.430. The Hall–Kier alpha value is -0.850. The van der Waals surface area contributed by atoms with Crippen LogP contribution >= 0.6 is 0 Å². The lowest BCUT2D eigenvalue weighted by atomic mass is 9.97. The van der Waals surface area contributed by atoms with Crippen molar-refractivity contribution in [1.29, 1.82) is 0 Å². The minimum Gasteiger partial charge on any atom is -0.394 e. The fourth-order valence-electron chi connectivity index (χ4n) is 4.24. The Kier molecular flexibility index (Phi) is 5.67. The molecule has 3 N–H and O–H groups in total. The molecule has 1 saturated carbocycles. The molecule has 3 aliphatic rings. The van der Waals surface area contributed by atoms with Gasteiger partial charge in [-0.1, -0.05) is 0 Å². The molecule has 0 bridgehead atoms. The number of carbonyl (C=O) groups is 1. The van der Waals surface area contributed by atoms with Crippen LogP contribution in [0.1, 0.15) is 45.4 Å². The number of likely N-dealkylation sites (tertiary alicyclic amines) is 2. The highest BCUT2D eigenvalue weighted by Gasteiger charge is 2.42. The van der Waals surface area contributed by atoms with Gasteiger partial charge in [-0.2, -0.15) is 0 Å². The second kappa shape index (κ2) is 7.58. The van der Waals surface area contributed by atoms with Crippen LogP contribution < -0.4 is 10.6 Å². The van der Waals surface area contributed by atoms with E-state index in [1.807, 2.05) is 6.92 Å². The van der Waals surface area contributed by atoms with E-state index in [1.54, 1.807) is 0 Å². The topological polar surface area (TPSA) is 67.8 Å². The fraction of sp³-hybridized carbons (Fsp3) is 0.944. The number of nitrogens with zero attached hydrogens (tertiary/aromatic N) is 2. The smallest absolute Gasteiger partial charge is 0.315 e. The molecule has 3 fully saturated rings. The van der Waals surface area contributed by atoms with Crippen molar-refractivity contribution in [3.8, 4) is 0 Å². The summed E-state index contributed by atoms with van der Waals surface area (Å²) >= 11 is 0. The molecule has 24 heavy (non-hydrogen) atoms. The summed E-state index contributed by atoms with van der Waals surface area (Å²) in [5.41, 5.74) is -0.459. The van der Waals surface area contributed by atoms with Gasteiger partial charge in [0.2, 0.25) is 0 Å². The fourth-order valence-corrected chi connectivity index (χ4v) is 4.24. The third-order valence-corrected chi connectivity index (χ3v) is 6.28. The summed E-state index contributed by atoms with van der Waals surface area (Å²) < 4.78 is 0. The van der Waals surface area contributed by atoms with E-state index in [4.69, 9.17) is 0 Å². The van der Waals surface area contributed by atoms with Crippen LogP contribution in [0.2, 0.25) is 0 Å². The first-order chi connectivity index (χ1) is 11.5. The van der Waals surface area contributed by atoms with Crippen LogP contribution in [0.5, 0.6) is 0 Å². The first-order valence-corrected chi connectivity index (χ1v) is 9.62. The molecule has 1 aliphatic carbocycles. The Bertz CT molecular complexity index is 427. The van der Waals surface area contributed by atoms with Crippen LogP contribution in [0.15, 0.2) is 0 Å².